The van der Waals surface area contributed by atoms with Crippen LogP contribution in [0.3, 0.4) is 0 Å². The van der Waals surface area contributed by atoms with Crippen LogP contribution in [0.15, 0.2) is 40.9 Å². The summed E-state index contributed by atoms with van der Waals surface area (Å²) in [6, 6.07) is 13.1. The van der Waals surface area contributed by atoms with Gasteiger partial charge in [-0.3, -0.25) is 4.79 Å². The quantitative estimate of drug-likeness (QED) is 0.835. The van der Waals surface area contributed by atoms with Gasteiger partial charge in [0.1, 0.15) is 0 Å². The maximum absolute atomic E-state index is 13.0. The van der Waals surface area contributed by atoms with Crippen LogP contribution in [0.2, 0.25) is 0 Å². The summed E-state index contributed by atoms with van der Waals surface area (Å²) in [6.07, 6.45) is 3.37. The monoisotopic (exact) mass is 390 g/mol. The highest BCUT2D eigenvalue weighted by atomic mass is 79.9. The molecule has 2 atom stereocenters. The van der Waals surface area contributed by atoms with E-state index in [2.05, 4.69) is 44.3 Å². The third-order valence-electron chi connectivity index (χ3n) is 4.83. The molecule has 1 amide bonds. The van der Waals surface area contributed by atoms with Gasteiger partial charge in [-0.2, -0.15) is 0 Å². The third-order valence-corrected chi connectivity index (χ3v) is 6.49. The van der Waals surface area contributed by atoms with Gasteiger partial charge in [0.25, 0.3) is 5.91 Å². The van der Waals surface area contributed by atoms with E-state index in [0.717, 1.165) is 52.1 Å². The molecule has 2 bridgehead atoms. The minimum atomic E-state index is 0.217. The van der Waals surface area contributed by atoms with Crippen LogP contribution >= 0.6 is 27.3 Å². The Morgan fingerprint density at radius 1 is 1.09 bits per heavy atom. The summed E-state index contributed by atoms with van der Waals surface area (Å²) in [5, 5.41) is 3.46. The molecule has 0 radical (unpaired) electrons. The zero-order chi connectivity index (χ0) is 15.8. The number of nitrogens with zero attached hydrogens (tertiary/aromatic N) is 1. The van der Waals surface area contributed by atoms with Crippen LogP contribution < -0.4 is 5.32 Å². The fourth-order valence-electron chi connectivity index (χ4n) is 3.66. The van der Waals surface area contributed by atoms with E-state index in [0.29, 0.717) is 12.1 Å². The molecule has 0 saturated carbocycles. The van der Waals surface area contributed by atoms with Crippen molar-refractivity contribution in [3.8, 4) is 10.4 Å². The van der Waals surface area contributed by atoms with Crippen LogP contribution in [-0.4, -0.2) is 36.0 Å². The molecule has 5 heteroatoms. The fourth-order valence-corrected chi connectivity index (χ4v) is 4.88. The lowest BCUT2D eigenvalue weighted by Gasteiger charge is -2.27. The molecular formula is C18H19BrN2OS. The third kappa shape index (κ3) is 2.97. The van der Waals surface area contributed by atoms with Gasteiger partial charge in [-0.1, -0.05) is 28.1 Å². The maximum atomic E-state index is 13.0. The van der Waals surface area contributed by atoms with Crippen molar-refractivity contribution in [2.75, 3.05) is 13.1 Å². The number of carbonyl (C=O) groups excluding carboxylic acids is 1. The van der Waals surface area contributed by atoms with Crippen LogP contribution in [0.4, 0.5) is 0 Å². The first kappa shape index (κ1) is 15.4. The molecule has 1 aromatic carbocycles. The molecule has 2 fully saturated rings. The number of nitrogens with one attached hydrogen (secondary N) is 1. The second-order valence-corrected chi connectivity index (χ2v) is 8.26. The topological polar surface area (TPSA) is 32.3 Å². The standard InChI is InChI=1S/C18H19BrN2OS/c19-13-3-1-12(2-4-13)16-7-8-17(23-16)18(22)21-14-5-6-15(21)11-20-10-9-14/h1-4,7-8,14-15,20H,5-6,9-11H2. The van der Waals surface area contributed by atoms with E-state index in [-0.39, 0.29) is 5.91 Å². The first-order chi connectivity index (χ1) is 11.2. The zero-order valence-electron chi connectivity index (χ0n) is 12.8. The lowest BCUT2D eigenvalue weighted by molar-refractivity contribution is 0.0685. The van der Waals surface area contributed by atoms with Crippen molar-refractivity contribution in [2.45, 2.75) is 31.3 Å². The van der Waals surface area contributed by atoms with Crippen LogP contribution in [-0.2, 0) is 0 Å². The SMILES string of the molecule is O=C(c1ccc(-c2ccc(Br)cc2)s1)N1C2CCNCC1CC2. The zero-order valence-corrected chi connectivity index (χ0v) is 15.2. The highest BCUT2D eigenvalue weighted by Gasteiger charge is 2.38. The van der Waals surface area contributed by atoms with Crippen molar-refractivity contribution in [3.05, 3.63) is 45.7 Å². The number of rotatable bonds is 2. The average Bonchev–Trinajstić information content (AvgIpc) is 3.11. The summed E-state index contributed by atoms with van der Waals surface area (Å²) in [7, 11) is 0. The van der Waals surface area contributed by atoms with Gasteiger partial charge < -0.3 is 10.2 Å². The van der Waals surface area contributed by atoms with E-state index in [1.807, 2.05) is 18.2 Å². The van der Waals surface area contributed by atoms with Gasteiger partial charge in [0.05, 0.1) is 4.88 Å². The number of hydrogen-bond acceptors (Lipinski definition) is 3. The number of amides is 1. The van der Waals surface area contributed by atoms with E-state index in [1.165, 1.54) is 0 Å². The molecule has 2 aliphatic heterocycles. The molecule has 120 valence electrons. The molecule has 3 nitrogen and oxygen atoms in total. The average molecular weight is 391 g/mol. The van der Waals surface area contributed by atoms with Crippen molar-refractivity contribution >= 4 is 33.2 Å². The molecule has 1 aromatic heterocycles. The number of benzene rings is 1. The highest BCUT2D eigenvalue weighted by molar-refractivity contribution is 9.10. The molecule has 2 aliphatic rings. The normalized spacial score (nSPS) is 23.8. The Bertz CT molecular complexity index is 698. The molecular weight excluding hydrogens is 372 g/mol. The second-order valence-electron chi connectivity index (χ2n) is 6.26. The molecule has 1 N–H and O–H groups in total. The Labute approximate surface area is 148 Å². The summed E-state index contributed by atoms with van der Waals surface area (Å²) >= 11 is 5.07. The lowest BCUT2D eigenvalue weighted by atomic mass is 10.1. The molecule has 0 aliphatic carbocycles. The lowest BCUT2D eigenvalue weighted by Crippen LogP contribution is -2.42. The first-order valence-electron chi connectivity index (χ1n) is 8.11. The van der Waals surface area contributed by atoms with Gasteiger partial charge in [-0.25, -0.2) is 0 Å². The van der Waals surface area contributed by atoms with E-state index < -0.39 is 0 Å². The molecule has 2 saturated heterocycles. The Kier molecular flexibility index (Phi) is 4.26. The molecule has 23 heavy (non-hydrogen) atoms. The molecule has 4 rings (SSSR count). The Balaban J connectivity index is 1.59. The van der Waals surface area contributed by atoms with Crippen molar-refractivity contribution < 1.29 is 4.79 Å². The largest absolute Gasteiger partial charge is 0.331 e. The van der Waals surface area contributed by atoms with Crippen molar-refractivity contribution in [2.24, 2.45) is 0 Å². The van der Waals surface area contributed by atoms with Crippen molar-refractivity contribution in [1.29, 1.82) is 0 Å². The highest BCUT2D eigenvalue weighted by Crippen LogP contribution is 2.34. The summed E-state index contributed by atoms with van der Waals surface area (Å²) in [4.78, 5) is 17.2. The van der Waals surface area contributed by atoms with Crippen molar-refractivity contribution in [3.63, 3.8) is 0 Å². The Hall–Kier alpha value is -1.17. The second kappa shape index (κ2) is 6.38. The van der Waals surface area contributed by atoms with Gasteiger partial charge in [0.2, 0.25) is 0 Å². The summed E-state index contributed by atoms with van der Waals surface area (Å²) < 4.78 is 1.07. The Morgan fingerprint density at radius 3 is 2.70 bits per heavy atom. The van der Waals surface area contributed by atoms with E-state index in [1.54, 1.807) is 11.3 Å². The smallest absolute Gasteiger partial charge is 0.264 e. The van der Waals surface area contributed by atoms with E-state index in [9.17, 15) is 4.79 Å². The number of fused-ring (bicyclic) bond motifs is 2. The van der Waals surface area contributed by atoms with Crippen LogP contribution in [0.5, 0.6) is 0 Å². The first-order valence-corrected chi connectivity index (χ1v) is 9.72. The number of carbonyl (C=O) groups is 1. The summed E-state index contributed by atoms with van der Waals surface area (Å²) in [5.41, 5.74) is 1.16. The van der Waals surface area contributed by atoms with Crippen molar-refractivity contribution in [1.82, 2.24) is 10.2 Å². The number of thiophene rings is 1. The number of hydrogen-bond donors (Lipinski definition) is 1. The Morgan fingerprint density at radius 2 is 1.87 bits per heavy atom. The van der Waals surface area contributed by atoms with Gasteiger partial charge in [0.15, 0.2) is 0 Å². The maximum Gasteiger partial charge on any atom is 0.264 e. The van der Waals surface area contributed by atoms with Crippen LogP contribution in [0.25, 0.3) is 10.4 Å². The van der Waals surface area contributed by atoms with Gasteiger partial charge in [-0.15, -0.1) is 11.3 Å². The molecule has 3 heterocycles. The molecule has 2 aromatic rings. The number of halogens is 1. The van der Waals surface area contributed by atoms with Gasteiger partial charge in [0, 0.05) is 28.0 Å². The van der Waals surface area contributed by atoms with Gasteiger partial charge in [-0.05, 0) is 55.6 Å². The minimum absolute atomic E-state index is 0.217. The fraction of sp³-hybridized carbons (Fsp3) is 0.389. The van der Waals surface area contributed by atoms with E-state index >= 15 is 0 Å². The van der Waals surface area contributed by atoms with Gasteiger partial charge >= 0.3 is 0 Å². The minimum Gasteiger partial charge on any atom is -0.331 e. The molecule has 2 unspecified atom stereocenters. The predicted octanol–water partition coefficient (Wildman–Crippen LogP) is 4.14. The predicted molar refractivity (Wildman–Crippen MR) is 97.9 cm³/mol. The summed E-state index contributed by atoms with van der Waals surface area (Å²) in [6.45, 7) is 1.96. The van der Waals surface area contributed by atoms with E-state index in [4.69, 9.17) is 0 Å². The van der Waals surface area contributed by atoms with Crippen LogP contribution in [0, 0.1) is 0 Å². The summed E-state index contributed by atoms with van der Waals surface area (Å²) in [5.74, 6) is 0.217. The molecule has 0 spiro atoms. The van der Waals surface area contributed by atoms with Crippen LogP contribution in [0.1, 0.15) is 28.9 Å².